The lowest BCUT2D eigenvalue weighted by molar-refractivity contribution is 0.249. The van der Waals surface area contributed by atoms with Crippen molar-refractivity contribution in [3.8, 4) is 5.75 Å². The predicted octanol–water partition coefficient (Wildman–Crippen LogP) is 3.65. The number of aromatic nitrogens is 2. The number of hydrogen-bond acceptors (Lipinski definition) is 5. The summed E-state index contributed by atoms with van der Waals surface area (Å²) in [4.78, 5) is 22.9. The Bertz CT molecular complexity index is 902. The van der Waals surface area contributed by atoms with Crippen LogP contribution in [0.4, 0.5) is 27.8 Å². The van der Waals surface area contributed by atoms with Crippen LogP contribution in [0.25, 0.3) is 0 Å². The van der Waals surface area contributed by atoms with E-state index in [1.54, 1.807) is 17.3 Å². The maximum absolute atomic E-state index is 12.7. The minimum atomic E-state index is -0.244. The first kappa shape index (κ1) is 15.9. The number of fused-ring (bicyclic) bond motifs is 1. The molecule has 0 radical (unpaired) electrons. The summed E-state index contributed by atoms with van der Waals surface area (Å²) in [5, 5.41) is 6.06. The molecule has 2 aromatic heterocycles. The molecule has 3 aromatic rings. The van der Waals surface area contributed by atoms with E-state index in [0.717, 1.165) is 11.4 Å². The molecule has 3 heterocycles. The molecular weight excluding hydrogens is 330 g/mol. The minimum absolute atomic E-state index is 0.244. The quantitative estimate of drug-likeness (QED) is 0.756. The Kier molecular flexibility index (Phi) is 4.34. The zero-order valence-electron chi connectivity index (χ0n) is 13.9. The molecule has 0 aliphatic carbocycles. The van der Waals surface area contributed by atoms with Crippen LogP contribution in [0.3, 0.4) is 0 Å². The molecule has 1 aliphatic heterocycles. The number of carbonyl (C=O) groups is 1. The fraction of sp³-hybridized carbons (Fsp3) is 0.105. The predicted molar refractivity (Wildman–Crippen MR) is 100 cm³/mol. The van der Waals surface area contributed by atoms with Crippen LogP contribution in [-0.2, 0) is 0 Å². The third kappa shape index (κ3) is 3.41. The van der Waals surface area contributed by atoms with Gasteiger partial charge in [0.15, 0.2) is 11.6 Å². The highest BCUT2D eigenvalue weighted by molar-refractivity contribution is 6.02. The van der Waals surface area contributed by atoms with Crippen molar-refractivity contribution in [2.45, 2.75) is 0 Å². The summed E-state index contributed by atoms with van der Waals surface area (Å²) in [7, 11) is 0. The third-order valence-corrected chi connectivity index (χ3v) is 3.87. The summed E-state index contributed by atoms with van der Waals surface area (Å²) >= 11 is 0. The first-order valence-electron chi connectivity index (χ1n) is 8.24. The van der Waals surface area contributed by atoms with Crippen LogP contribution in [0.15, 0.2) is 67.0 Å². The number of para-hydroxylation sites is 1. The van der Waals surface area contributed by atoms with Gasteiger partial charge in [-0.1, -0.05) is 18.2 Å². The van der Waals surface area contributed by atoms with Gasteiger partial charge < -0.3 is 15.4 Å². The highest BCUT2D eigenvalue weighted by Crippen LogP contribution is 2.32. The van der Waals surface area contributed by atoms with Crippen LogP contribution in [0, 0.1) is 0 Å². The average molecular weight is 347 g/mol. The van der Waals surface area contributed by atoms with E-state index >= 15 is 0 Å². The molecule has 1 aromatic carbocycles. The van der Waals surface area contributed by atoms with Gasteiger partial charge in [-0.2, -0.15) is 0 Å². The Morgan fingerprint density at radius 3 is 2.69 bits per heavy atom. The number of anilines is 4. The number of nitrogens with one attached hydrogen (secondary N) is 2. The molecule has 0 bridgehead atoms. The van der Waals surface area contributed by atoms with Crippen molar-refractivity contribution in [3.05, 3.63) is 67.0 Å². The Hall–Kier alpha value is -3.61. The van der Waals surface area contributed by atoms with Crippen LogP contribution >= 0.6 is 0 Å². The van der Waals surface area contributed by atoms with E-state index < -0.39 is 0 Å². The maximum Gasteiger partial charge on any atom is 0.327 e. The summed E-state index contributed by atoms with van der Waals surface area (Å²) in [6.07, 6.45) is 3.41. The lowest BCUT2D eigenvalue weighted by Gasteiger charge is -2.28. The molecule has 0 saturated carbocycles. The van der Waals surface area contributed by atoms with Crippen LogP contribution < -0.4 is 20.3 Å². The van der Waals surface area contributed by atoms with Crippen molar-refractivity contribution in [2.75, 3.05) is 28.7 Å². The van der Waals surface area contributed by atoms with Crippen LogP contribution in [-0.4, -0.2) is 29.2 Å². The molecule has 0 unspecified atom stereocenters. The Balaban J connectivity index is 1.58. The fourth-order valence-corrected chi connectivity index (χ4v) is 2.66. The van der Waals surface area contributed by atoms with Crippen LogP contribution in [0.1, 0.15) is 0 Å². The van der Waals surface area contributed by atoms with E-state index in [2.05, 4.69) is 20.6 Å². The lowest BCUT2D eigenvalue weighted by atomic mass is 10.3. The third-order valence-electron chi connectivity index (χ3n) is 3.87. The highest BCUT2D eigenvalue weighted by atomic mass is 16.5. The van der Waals surface area contributed by atoms with Crippen molar-refractivity contribution >= 4 is 29.0 Å². The largest absolute Gasteiger partial charge is 0.488 e. The average Bonchev–Trinajstić information content (AvgIpc) is 2.69. The number of rotatable bonds is 3. The van der Waals surface area contributed by atoms with Gasteiger partial charge >= 0.3 is 6.03 Å². The molecular formula is C19H17N5O2. The Labute approximate surface area is 150 Å². The molecule has 0 saturated heterocycles. The molecule has 7 heteroatoms. The number of nitrogens with zero attached hydrogens (tertiary/aromatic N) is 3. The van der Waals surface area contributed by atoms with Gasteiger partial charge in [0, 0.05) is 11.9 Å². The summed E-state index contributed by atoms with van der Waals surface area (Å²) in [6, 6.07) is 16.4. The number of hydrogen-bond donors (Lipinski definition) is 2. The van der Waals surface area contributed by atoms with Gasteiger partial charge in [0.05, 0.1) is 18.4 Å². The van der Waals surface area contributed by atoms with E-state index in [1.165, 1.54) is 0 Å². The smallest absolute Gasteiger partial charge is 0.327 e. The summed E-state index contributed by atoms with van der Waals surface area (Å²) in [5.41, 5.74) is 1.55. The molecule has 7 nitrogen and oxygen atoms in total. The summed E-state index contributed by atoms with van der Waals surface area (Å²) in [5.74, 6) is 1.68. The number of benzene rings is 1. The van der Waals surface area contributed by atoms with Crippen LogP contribution in [0.5, 0.6) is 5.75 Å². The number of urea groups is 1. The summed E-state index contributed by atoms with van der Waals surface area (Å²) < 4.78 is 5.63. The number of carbonyl (C=O) groups excluding carboxylic acids is 1. The topological polar surface area (TPSA) is 79.4 Å². The van der Waals surface area contributed by atoms with E-state index in [9.17, 15) is 4.79 Å². The van der Waals surface area contributed by atoms with Crippen molar-refractivity contribution < 1.29 is 9.53 Å². The number of pyridine rings is 2. The standard InChI is InChI=1S/C19H17N5O2/c25-19(22-14-5-2-1-3-6-14)24-11-12-26-16-8-9-17(23-18(16)24)21-15-7-4-10-20-13-15/h1-10,13H,11-12H2,(H,21,23)(H,22,25). The van der Waals surface area contributed by atoms with E-state index in [-0.39, 0.29) is 6.03 Å². The first-order valence-corrected chi connectivity index (χ1v) is 8.24. The second kappa shape index (κ2) is 7.10. The molecule has 26 heavy (non-hydrogen) atoms. The Morgan fingerprint density at radius 1 is 1.04 bits per heavy atom. The van der Waals surface area contributed by atoms with Gasteiger partial charge in [0.1, 0.15) is 12.4 Å². The normalized spacial score (nSPS) is 12.7. The zero-order chi connectivity index (χ0) is 17.8. The maximum atomic E-state index is 12.7. The van der Waals surface area contributed by atoms with Crippen molar-refractivity contribution in [1.82, 2.24) is 9.97 Å². The van der Waals surface area contributed by atoms with Gasteiger partial charge in [-0.05, 0) is 36.4 Å². The fourth-order valence-electron chi connectivity index (χ4n) is 2.66. The molecule has 1 aliphatic rings. The molecule has 2 N–H and O–H groups in total. The molecule has 0 atom stereocenters. The van der Waals surface area contributed by atoms with Gasteiger partial charge in [-0.25, -0.2) is 9.78 Å². The lowest BCUT2D eigenvalue weighted by Crippen LogP contribution is -2.41. The molecule has 130 valence electrons. The van der Waals surface area contributed by atoms with E-state index in [1.807, 2.05) is 54.6 Å². The van der Waals surface area contributed by atoms with Crippen LogP contribution in [0.2, 0.25) is 0 Å². The molecule has 2 amide bonds. The molecule has 0 fully saturated rings. The van der Waals surface area contributed by atoms with Crippen molar-refractivity contribution in [3.63, 3.8) is 0 Å². The summed E-state index contributed by atoms with van der Waals surface area (Å²) in [6.45, 7) is 0.848. The first-order chi connectivity index (χ1) is 12.8. The monoisotopic (exact) mass is 347 g/mol. The molecule has 0 spiro atoms. The van der Waals surface area contributed by atoms with Gasteiger partial charge in [-0.15, -0.1) is 0 Å². The SMILES string of the molecule is O=C(Nc1ccccc1)N1CCOc2ccc(Nc3cccnc3)nc21. The van der Waals surface area contributed by atoms with E-state index in [4.69, 9.17) is 4.74 Å². The second-order valence-electron chi connectivity index (χ2n) is 5.68. The zero-order valence-corrected chi connectivity index (χ0v) is 13.9. The molecule has 4 rings (SSSR count). The van der Waals surface area contributed by atoms with Crippen molar-refractivity contribution in [2.24, 2.45) is 0 Å². The van der Waals surface area contributed by atoms with Gasteiger partial charge in [0.25, 0.3) is 0 Å². The number of ether oxygens (including phenoxy) is 1. The highest BCUT2D eigenvalue weighted by Gasteiger charge is 2.25. The second-order valence-corrected chi connectivity index (χ2v) is 5.68. The van der Waals surface area contributed by atoms with Gasteiger partial charge in [-0.3, -0.25) is 9.88 Å². The van der Waals surface area contributed by atoms with Gasteiger partial charge in [0.2, 0.25) is 0 Å². The Morgan fingerprint density at radius 2 is 1.88 bits per heavy atom. The number of amides is 2. The van der Waals surface area contributed by atoms with Crippen molar-refractivity contribution in [1.29, 1.82) is 0 Å². The van der Waals surface area contributed by atoms with E-state index in [0.29, 0.717) is 30.5 Å². The minimum Gasteiger partial charge on any atom is -0.488 e.